The third-order valence-corrected chi connectivity index (χ3v) is 2.33. The molecule has 0 aliphatic rings. The molecule has 0 radical (unpaired) electrons. The maximum Gasteiger partial charge on any atom is 0.257 e. The van der Waals surface area contributed by atoms with Gasteiger partial charge in [0.15, 0.2) is 0 Å². The summed E-state index contributed by atoms with van der Waals surface area (Å²) in [6, 6.07) is 3.71. The third-order valence-electron chi connectivity index (χ3n) is 2.33. The summed E-state index contributed by atoms with van der Waals surface area (Å²) in [7, 11) is 0. The number of aromatic nitrogens is 3. The monoisotopic (exact) mass is 243 g/mol. The summed E-state index contributed by atoms with van der Waals surface area (Å²) in [5, 5.41) is 0. The zero-order chi connectivity index (χ0) is 13.0. The molecular weight excluding hydrogens is 230 g/mol. The number of carbonyl (C=O) groups is 1. The van der Waals surface area contributed by atoms with Gasteiger partial charge >= 0.3 is 0 Å². The number of hydrogen-bond donors (Lipinski definition) is 2. The molecule has 2 heterocycles. The minimum absolute atomic E-state index is 0.369. The zero-order valence-corrected chi connectivity index (χ0v) is 9.87. The molecule has 0 aliphatic heterocycles. The van der Waals surface area contributed by atoms with Crippen molar-refractivity contribution >= 4 is 12.0 Å². The Bertz CT molecular complexity index is 570. The first kappa shape index (κ1) is 12.0. The van der Waals surface area contributed by atoms with Crippen LogP contribution in [0.2, 0.25) is 0 Å². The molecular formula is C12H13N5O. The second-order valence-electron chi connectivity index (χ2n) is 3.71. The van der Waals surface area contributed by atoms with Gasteiger partial charge in [-0.05, 0) is 25.1 Å². The van der Waals surface area contributed by atoms with Gasteiger partial charge in [0.05, 0.1) is 29.6 Å². The molecule has 2 aromatic heterocycles. The van der Waals surface area contributed by atoms with E-state index in [1.54, 1.807) is 18.6 Å². The fourth-order valence-corrected chi connectivity index (χ4v) is 1.42. The van der Waals surface area contributed by atoms with Crippen LogP contribution in [0.3, 0.4) is 0 Å². The van der Waals surface area contributed by atoms with E-state index in [1.807, 2.05) is 35.2 Å². The lowest BCUT2D eigenvalue weighted by Crippen LogP contribution is -2.27. The Morgan fingerprint density at radius 2 is 2.28 bits per heavy atom. The van der Waals surface area contributed by atoms with Gasteiger partial charge in [0.25, 0.3) is 5.91 Å². The van der Waals surface area contributed by atoms with Crippen molar-refractivity contribution in [3.8, 4) is 5.69 Å². The number of hydrazine groups is 1. The fourth-order valence-electron chi connectivity index (χ4n) is 1.42. The highest BCUT2D eigenvalue weighted by atomic mass is 16.2. The molecule has 0 bridgehead atoms. The van der Waals surface area contributed by atoms with E-state index in [0.29, 0.717) is 5.69 Å². The third kappa shape index (κ3) is 2.80. The predicted octanol–water partition coefficient (Wildman–Crippen LogP) is 0.579. The SMILES string of the molecule is Cc1cn(-c2ccc(/C=C/C(=O)NN)nc2)cn1. The van der Waals surface area contributed by atoms with E-state index in [0.717, 1.165) is 11.4 Å². The first-order valence-electron chi connectivity index (χ1n) is 5.35. The van der Waals surface area contributed by atoms with E-state index in [-0.39, 0.29) is 5.91 Å². The van der Waals surface area contributed by atoms with E-state index < -0.39 is 0 Å². The Hall–Kier alpha value is -2.47. The van der Waals surface area contributed by atoms with Crippen molar-refractivity contribution in [2.24, 2.45) is 5.84 Å². The Morgan fingerprint density at radius 1 is 1.44 bits per heavy atom. The molecule has 92 valence electrons. The molecule has 0 aliphatic carbocycles. The van der Waals surface area contributed by atoms with Gasteiger partial charge in [-0.1, -0.05) is 0 Å². The van der Waals surface area contributed by atoms with Gasteiger partial charge in [-0.15, -0.1) is 0 Å². The molecule has 6 nitrogen and oxygen atoms in total. The van der Waals surface area contributed by atoms with Crippen molar-refractivity contribution in [1.29, 1.82) is 0 Å². The maximum atomic E-state index is 10.9. The van der Waals surface area contributed by atoms with Gasteiger partial charge in [0.1, 0.15) is 0 Å². The number of pyridine rings is 1. The second kappa shape index (κ2) is 5.24. The maximum absolute atomic E-state index is 10.9. The minimum Gasteiger partial charge on any atom is -0.304 e. The molecule has 3 N–H and O–H groups in total. The van der Waals surface area contributed by atoms with Crippen LogP contribution in [0.4, 0.5) is 0 Å². The molecule has 0 saturated carbocycles. The molecule has 0 aromatic carbocycles. The number of nitrogens with two attached hydrogens (primary N) is 1. The van der Waals surface area contributed by atoms with Crippen LogP contribution < -0.4 is 11.3 Å². The number of imidazole rings is 1. The van der Waals surface area contributed by atoms with Gasteiger partial charge in [0.2, 0.25) is 0 Å². The van der Waals surface area contributed by atoms with Crippen LogP contribution in [0.15, 0.2) is 36.9 Å². The molecule has 0 atom stereocenters. The predicted molar refractivity (Wildman–Crippen MR) is 67.5 cm³/mol. The number of nitrogens with zero attached hydrogens (tertiary/aromatic N) is 3. The average molecular weight is 243 g/mol. The van der Waals surface area contributed by atoms with Gasteiger partial charge in [-0.3, -0.25) is 15.2 Å². The molecule has 2 aromatic rings. The molecule has 6 heteroatoms. The highest BCUT2D eigenvalue weighted by Crippen LogP contribution is 2.08. The summed E-state index contributed by atoms with van der Waals surface area (Å²) in [6.07, 6.45) is 8.26. The van der Waals surface area contributed by atoms with E-state index in [9.17, 15) is 4.79 Å². The van der Waals surface area contributed by atoms with Crippen LogP contribution in [0.1, 0.15) is 11.4 Å². The number of nitrogens with one attached hydrogen (secondary N) is 1. The molecule has 1 amide bonds. The lowest BCUT2D eigenvalue weighted by molar-refractivity contribution is -0.116. The Balaban J connectivity index is 2.15. The molecule has 2 rings (SSSR count). The second-order valence-corrected chi connectivity index (χ2v) is 3.71. The number of rotatable bonds is 3. The largest absolute Gasteiger partial charge is 0.304 e. The first-order valence-corrected chi connectivity index (χ1v) is 5.35. The van der Waals surface area contributed by atoms with E-state index >= 15 is 0 Å². The summed E-state index contributed by atoms with van der Waals surface area (Å²) >= 11 is 0. The van der Waals surface area contributed by atoms with Crippen LogP contribution in [0, 0.1) is 6.92 Å². The van der Waals surface area contributed by atoms with Crippen molar-refractivity contribution in [2.45, 2.75) is 6.92 Å². The van der Waals surface area contributed by atoms with Crippen molar-refractivity contribution < 1.29 is 4.79 Å². The number of aryl methyl sites for hydroxylation is 1. The van der Waals surface area contributed by atoms with Crippen molar-refractivity contribution in [3.05, 3.63) is 48.3 Å². The summed E-state index contributed by atoms with van der Waals surface area (Å²) in [5.41, 5.74) is 4.55. The van der Waals surface area contributed by atoms with Crippen LogP contribution >= 0.6 is 0 Å². The molecule has 18 heavy (non-hydrogen) atoms. The van der Waals surface area contributed by atoms with Crippen molar-refractivity contribution in [1.82, 2.24) is 20.0 Å². The Labute approximate surface area is 104 Å². The Kier molecular flexibility index (Phi) is 3.49. The van der Waals surface area contributed by atoms with Gasteiger partial charge in [0, 0.05) is 12.3 Å². The number of hydrogen-bond acceptors (Lipinski definition) is 4. The number of carbonyl (C=O) groups excluding carboxylic acids is 1. The van der Waals surface area contributed by atoms with E-state index in [4.69, 9.17) is 5.84 Å². The highest BCUT2D eigenvalue weighted by Gasteiger charge is 1.98. The summed E-state index contributed by atoms with van der Waals surface area (Å²) in [4.78, 5) is 19.3. The Morgan fingerprint density at radius 3 is 2.83 bits per heavy atom. The normalized spacial score (nSPS) is 10.8. The van der Waals surface area contributed by atoms with Gasteiger partial charge < -0.3 is 4.57 Å². The first-order chi connectivity index (χ1) is 8.69. The van der Waals surface area contributed by atoms with E-state index in [1.165, 1.54) is 6.08 Å². The lowest BCUT2D eigenvalue weighted by atomic mass is 10.3. The summed E-state index contributed by atoms with van der Waals surface area (Å²) < 4.78 is 1.88. The van der Waals surface area contributed by atoms with Crippen LogP contribution in [0.25, 0.3) is 11.8 Å². The van der Waals surface area contributed by atoms with Crippen molar-refractivity contribution in [3.63, 3.8) is 0 Å². The van der Waals surface area contributed by atoms with Gasteiger partial charge in [-0.25, -0.2) is 10.8 Å². The van der Waals surface area contributed by atoms with Gasteiger partial charge in [-0.2, -0.15) is 0 Å². The quantitative estimate of drug-likeness (QED) is 0.357. The molecule has 0 spiro atoms. The molecule has 0 unspecified atom stereocenters. The lowest BCUT2D eigenvalue weighted by Gasteiger charge is -2.01. The fraction of sp³-hybridized carbons (Fsp3) is 0.0833. The highest BCUT2D eigenvalue weighted by molar-refractivity contribution is 5.90. The van der Waals surface area contributed by atoms with Crippen LogP contribution in [-0.2, 0) is 4.79 Å². The summed E-state index contributed by atoms with van der Waals surface area (Å²) in [5.74, 6) is 4.59. The standard InChI is InChI=1S/C12H13N5O/c1-9-7-17(8-15-9)11-4-2-10(14-6-11)3-5-12(18)16-13/h2-8H,13H2,1H3,(H,16,18)/b5-3+. The molecule has 0 saturated heterocycles. The van der Waals surface area contributed by atoms with Crippen LogP contribution in [-0.4, -0.2) is 20.4 Å². The zero-order valence-electron chi connectivity index (χ0n) is 9.87. The topological polar surface area (TPSA) is 85.8 Å². The average Bonchev–Trinajstić information content (AvgIpc) is 2.83. The van der Waals surface area contributed by atoms with Crippen LogP contribution in [0.5, 0.6) is 0 Å². The smallest absolute Gasteiger partial charge is 0.257 e. The minimum atomic E-state index is -0.369. The molecule has 0 fully saturated rings. The van der Waals surface area contributed by atoms with E-state index in [2.05, 4.69) is 9.97 Å². The number of amides is 1. The van der Waals surface area contributed by atoms with Crippen molar-refractivity contribution in [2.75, 3.05) is 0 Å². The summed E-state index contributed by atoms with van der Waals surface area (Å²) in [6.45, 7) is 1.92.